The van der Waals surface area contributed by atoms with E-state index in [9.17, 15) is 4.79 Å². The first-order valence-electron chi connectivity index (χ1n) is 7.48. The number of halogens is 1. The fourth-order valence-corrected chi connectivity index (χ4v) is 4.52. The molecule has 2 saturated heterocycles. The summed E-state index contributed by atoms with van der Waals surface area (Å²) in [7, 11) is 1.87. The molecule has 4 nitrogen and oxygen atoms in total. The molecule has 6 heteroatoms. The third-order valence-electron chi connectivity index (χ3n) is 4.66. The molecule has 0 radical (unpaired) electrons. The molecule has 2 aliphatic heterocycles. The number of amides is 1. The molecule has 1 unspecified atom stereocenters. The van der Waals surface area contributed by atoms with E-state index < -0.39 is 0 Å². The minimum absolute atomic E-state index is 0.197. The largest absolute Gasteiger partial charge is 0.340 e. The molecule has 0 aromatic carbocycles. The van der Waals surface area contributed by atoms with Crippen LogP contribution in [0.4, 0.5) is 0 Å². The molecule has 0 saturated carbocycles. The van der Waals surface area contributed by atoms with Crippen LogP contribution in [-0.2, 0) is 11.3 Å². The topological polar surface area (TPSA) is 35.6 Å². The van der Waals surface area contributed by atoms with Crippen molar-refractivity contribution in [3.05, 3.63) is 21.3 Å². The number of likely N-dealkylation sites (tertiary alicyclic amines) is 1. The second kappa shape index (κ2) is 6.24. The van der Waals surface area contributed by atoms with Gasteiger partial charge >= 0.3 is 0 Å². The maximum atomic E-state index is 12.4. The molecule has 1 aromatic heterocycles. The predicted octanol–water partition coefficient (Wildman–Crippen LogP) is 2.05. The summed E-state index contributed by atoms with van der Waals surface area (Å²) in [6, 6.07) is 3.88. The van der Waals surface area contributed by atoms with Gasteiger partial charge in [-0.3, -0.25) is 9.69 Å². The van der Waals surface area contributed by atoms with Crippen LogP contribution in [0.15, 0.2) is 12.1 Å². The van der Waals surface area contributed by atoms with Crippen LogP contribution in [0.1, 0.15) is 17.7 Å². The Morgan fingerprint density at radius 3 is 3.05 bits per heavy atom. The van der Waals surface area contributed by atoms with Gasteiger partial charge < -0.3 is 10.2 Å². The highest BCUT2D eigenvalue weighted by Crippen LogP contribution is 2.35. The van der Waals surface area contributed by atoms with E-state index in [0.717, 1.165) is 35.4 Å². The van der Waals surface area contributed by atoms with Gasteiger partial charge in [-0.2, -0.15) is 0 Å². The molecule has 1 N–H and O–H groups in total. The summed E-state index contributed by atoms with van der Waals surface area (Å²) in [5.41, 5.74) is 0.431. The molecule has 1 spiro atoms. The smallest absolute Gasteiger partial charge is 0.236 e. The van der Waals surface area contributed by atoms with E-state index in [-0.39, 0.29) is 5.91 Å². The minimum atomic E-state index is 0.197. The Kier molecular flexibility index (Phi) is 4.54. The summed E-state index contributed by atoms with van der Waals surface area (Å²) in [6.45, 7) is 5.53. The van der Waals surface area contributed by atoms with Crippen LogP contribution >= 0.6 is 22.9 Å². The van der Waals surface area contributed by atoms with Crippen molar-refractivity contribution in [1.29, 1.82) is 0 Å². The maximum absolute atomic E-state index is 12.4. The van der Waals surface area contributed by atoms with Crippen molar-refractivity contribution in [2.24, 2.45) is 5.41 Å². The van der Waals surface area contributed by atoms with Crippen molar-refractivity contribution in [2.75, 3.05) is 39.8 Å². The van der Waals surface area contributed by atoms with Crippen molar-refractivity contribution in [3.63, 3.8) is 0 Å². The number of hydrogen-bond donors (Lipinski definition) is 1. The Hall–Kier alpha value is -0.620. The van der Waals surface area contributed by atoms with E-state index in [4.69, 9.17) is 11.6 Å². The van der Waals surface area contributed by atoms with Crippen LogP contribution in [0.3, 0.4) is 0 Å². The van der Waals surface area contributed by atoms with Gasteiger partial charge in [0.25, 0.3) is 0 Å². The normalized spacial score (nSPS) is 25.8. The number of carbonyl (C=O) groups is 1. The van der Waals surface area contributed by atoms with Gasteiger partial charge in [0.1, 0.15) is 0 Å². The lowest BCUT2D eigenvalue weighted by Crippen LogP contribution is -2.38. The molecular weight excluding hydrogens is 306 g/mol. The summed E-state index contributed by atoms with van der Waals surface area (Å²) in [4.78, 5) is 17.6. The van der Waals surface area contributed by atoms with Gasteiger partial charge in [-0.1, -0.05) is 11.6 Å². The molecular formula is C15H22ClN3OS. The Morgan fingerprint density at radius 1 is 1.52 bits per heavy atom. The highest BCUT2D eigenvalue weighted by molar-refractivity contribution is 7.16. The lowest BCUT2D eigenvalue weighted by atomic mass is 9.87. The van der Waals surface area contributed by atoms with Crippen LogP contribution in [0.25, 0.3) is 0 Å². The molecule has 1 atom stereocenters. The SMILES string of the molecule is CN(Cc1ccc(Cl)s1)C(=O)CN1CCC2(CCNC2)C1. The molecule has 116 valence electrons. The summed E-state index contributed by atoms with van der Waals surface area (Å²) >= 11 is 7.47. The first-order chi connectivity index (χ1) is 10.1. The van der Waals surface area contributed by atoms with E-state index in [1.807, 2.05) is 19.2 Å². The quantitative estimate of drug-likeness (QED) is 0.919. The number of hydrogen-bond acceptors (Lipinski definition) is 4. The van der Waals surface area contributed by atoms with Gasteiger partial charge in [-0.05, 0) is 43.5 Å². The van der Waals surface area contributed by atoms with Gasteiger partial charge in [-0.15, -0.1) is 11.3 Å². The van der Waals surface area contributed by atoms with Gasteiger partial charge in [-0.25, -0.2) is 0 Å². The Morgan fingerprint density at radius 2 is 2.38 bits per heavy atom. The standard InChI is InChI=1S/C15H22ClN3OS/c1-18(8-12-2-3-13(16)21-12)14(20)9-19-7-5-15(11-19)4-6-17-10-15/h2-3,17H,4-11H2,1H3. The molecule has 1 amide bonds. The van der Waals surface area contributed by atoms with Crippen LogP contribution in [0, 0.1) is 5.41 Å². The van der Waals surface area contributed by atoms with Crippen LogP contribution in [-0.4, -0.2) is 55.5 Å². The third kappa shape index (κ3) is 3.59. The number of thiophene rings is 1. The predicted molar refractivity (Wildman–Crippen MR) is 86.8 cm³/mol. The van der Waals surface area contributed by atoms with Crippen molar-refractivity contribution in [3.8, 4) is 0 Å². The van der Waals surface area contributed by atoms with Crippen LogP contribution in [0.5, 0.6) is 0 Å². The molecule has 0 bridgehead atoms. The first-order valence-corrected chi connectivity index (χ1v) is 8.67. The first kappa shape index (κ1) is 15.3. The third-order valence-corrected chi connectivity index (χ3v) is 5.87. The van der Waals surface area contributed by atoms with E-state index in [1.165, 1.54) is 12.8 Å². The van der Waals surface area contributed by atoms with Gasteiger partial charge in [0.15, 0.2) is 0 Å². The van der Waals surface area contributed by atoms with E-state index >= 15 is 0 Å². The van der Waals surface area contributed by atoms with E-state index in [2.05, 4.69) is 10.2 Å². The van der Waals surface area contributed by atoms with Crippen molar-refractivity contribution >= 4 is 28.8 Å². The fraction of sp³-hybridized carbons (Fsp3) is 0.667. The van der Waals surface area contributed by atoms with Gasteiger partial charge in [0.05, 0.1) is 17.4 Å². The lowest BCUT2D eigenvalue weighted by Gasteiger charge is -2.24. The van der Waals surface area contributed by atoms with E-state index in [0.29, 0.717) is 18.5 Å². The highest BCUT2D eigenvalue weighted by Gasteiger charge is 2.40. The monoisotopic (exact) mass is 327 g/mol. The molecule has 1 aromatic rings. The van der Waals surface area contributed by atoms with Crippen molar-refractivity contribution in [1.82, 2.24) is 15.1 Å². The average molecular weight is 328 g/mol. The number of nitrogens with zero attached hydrogens (tertiary/aromatic N) is 2. The van der Waals surface area contributed by atoms with Crippen LogP contribution < -0.4 is 5.32 Å². The Bertz CT molecular complexity index is 513. The average Bonchev–Trinajstić information content (AvgIpc) is 3.15. The zero-order valence-electron chi connectivity index (χ0n) is 12.4. The van der Waals surface area contributed by atoms with Gasteiger partial charge in [0.2, 0.25) is 5.91 Å². The number of nitrogens with one attached hydrogen (secondary N) is 1. The summed E-state index contributed by atoms with van der Waals surface area (Å²) < 4.78 is 0.779. The molecule has 21 heavy (non-hydrogen) atoms. The summed E-state index contributed by atoms with van der Waals surface area (Å²) in [5.74, 6) is 0.197. The molecule has 3 rings (SSSR count). The second-order valence-electron chi connectivity index (χ2n) is 6.34. The number of likely N-dealkylation sites (N-methyl/N-ethyl adjacent to an activating group) is 1. The van der Waals surface area contributed by atoms with Gasteiger partial charge in [0, 0.05) is 25.0 Å². The van der Waals surface area contributed by atoms with E-state index in [1.54, 1.807) is 16.2 Å². The molecule has 3 heterocycles. The number of carbonyl (C=O) groups excluding carboxylic acids is 1. The number of rotatable bonds is 4. The lowest BCUT2D eigenvalue weighted by molar-refractivity contribution is -0.131. The second-order valence-corrected chi connectivity index (χ2v) is 8.14. The van der Waals surface area contributed by atoms with Crippen LogP contribution in [0.2, 0.25) is 4.34 Å². The van der Waals surface area contributed by atoms with Crippen molar-refractivity contribution < 1.29 is 4.79 Å². The fourth-order valence-electron chi connectivity index (χ4n) is 3.38. The zero-order valence-corrected chi connectivity index (χ0v) is 14.0. The zero-order chi connectivity index (χ0) is 14.9. The molecule has 0 aliphatic carbocycles. The molecule has 2 fully saturated rings. The maximum Gasteiger partial charge on any atom is 0.236 e. The van der Waals surface area contributed by atoms with Crippen molar-refractivity contribution in [2.45, 2.75) is 19.4 Å². The highest BCUT2D eigenvalue weighted by atomic mass is 35.5. The Labute approximate surface area is 135 Å². The Balaban J connectivity index is 1.49. The molecule has 2 aliphatic rings. The summed E-state index contributed by atoms with van der Waals surface area (Å²) in [5, 5.41) is 3.45. The minimum Gasteiger partial charge on any atom is -0.340 e. The summed E-state index contributed by atoms with van der Waals surface area (Å²) in [6.07, 6.45) is 2.47.